The Kier molecular flexibility index (Phi) is 6.45. The molecule has 0 spiro atoms. The largest absolute Gasteiger partial charge is 0.497 e. The zero-order valence-corrected chi connectivity index (χ0v) is 13.6. The molecule has 132 valence electrons. The number of hydrogen-bond acceptors (Lipinski definition) is 3. The molecule has 0 aliphatic heterocycles. The summed E-state index contributed by atoms with van der Waals surface area (Å²) in [5.41, 5.74) is 0.585. The van der Waals surface area contributed by atoms with E-state index in [0.29, 0.717) is 11.8 Å². The standard InChI is InChI=1S/C18H18F2N2O3/c1-25-14-5-2-12(3-6-14)10-17(23)21-8-9-22-18(24)15-7-4-13(19)11-16(15)20/h2-7,11H,8-10H2,1H3,(H,21,23)(H,22,24). The number of ether oxygens (including phenoxy) is 1. The van der Waals surface area contributed by atoms with E-state index in [0.717, 1.165) is 17.7 Å². The molecule has 2 amide bonds. The Labute approximate surface area is 144 Å². The van der Waals surface area contributed by atoms with Crippen LogP contribution in [0.15, 0.2) is 42.5 Å². The Balaban J connectivity index is 1.72. The van der Waals surface area contributed by atoms with Gasteiger partial charge in [0.25, 0.3) is 5.91 Å². The second-order valence-corrected chi connectivity index (χ2v) is 5.25. The van der Waals surface area contributed by atoms with Crippen molar-refractivity contribution in [3.05, 3.63) is 65.2 Å². The summed E-state index contributed by atoms with van der Waals surface area (Å²) in [5, 5.41) is 5.11. The van der Waals surface area contributed by atoms with Crippen LogP contribution in [0.3, 0.4) is 0 Å². The normalized spacial score (nSPS) is 10.2. The van der Waals surface area contributed by atoms with Gasteiger partial charge in [0.2, 0.25) is 5.91 Å². The third kappa shape index (κ3) is 5.56. The highest BCUT2D eigenvalue weighted by Gasteiger charge is 2.12. The van der Waals surface area contributed by atoms with Crippen molar-refractivity contribution in [3.8, 4) is 5.75 Å². The smallest absolute Gasteiger partial charge is 0.254 e. The number of rotatable bonds is 7. The lowest BCUT2D eigenvalue weighted by molar-refractivity contribution is -0.120. The lowest BCUT2D eigenvalue weighted by atomic mass is 10.1. The minimum Gasteiger partial charge on any atom is -0.497 e. The summed E-state index contributed by atoms with van der Waals surface area (Å²) >= 11 is 0. The highest BCUT2D eigenvalue weighted by molar-refractivity contribution is 5.94. The van der Waals surface area contributed by atoms with Crippen LogP contribution in [0.1, 0.15) is 15.9 Å². The number of carbonyl (C=O) groups is 2. The molecule has 2 aromatic rings. The van der Waals surface area contributed by atoms with Gasteiger partial charge in [0.05, 0.1) is 19.1 Å². The highest BCUT2D eigenvalue weighted by Crippen LogP contribution is 2.11. The zero-order valence-electron chi connectivity index (χ0n) is 13.6. The first kappa shape index (κ1) is 18.4. The lowest BCUT2D eigenvalue weighted by Gasteiger charge is -2.08. The van der Waals surface area contributed by atoms with E-state index >= 15 is 0 Å². The van der Waals surface area contributed by atoms with Crippen molar-refractivity contribution in [1.29, 1.82) is 0 Å². The molecular formula is C18H18F2N2O3. The van der Waals surface area contributed by atoms with Crippen LogP contribution >= 0.6 is 0 Å². The van der Waals surface area contributed by atoms with Gasteiger partial charge in [0.1, 0.15) is 17.4 Å². The van der Waals surface area contributed by atoms with Crippen molar-refractivity contribution in [3.63, 3.8) is 0 Å². The second kappa shape index (κ2) is 8.77. The molecule has 2 N–H and O–H groups in total. The fourth-order valence-electron chi connectivity index (χ4n) is 2.14. The summed E-state index contributed by atoms with van der Waals surface area (Å²) in [6.45, 7) is 0.327. The van der Waals surface area contributed by atoms with E-state index in [2.05, 4.69) is 10.6 Å². The maximum Gasteiger partial charge on any atom is 0.254 e. The molecule has 0 heterocycles. The van der Waals surface area contributed by atoms with Crippen LogP contribution in [-0.4, -0.2) is 32.0 Å². The van der Waals surface area contributed by atoms with Crippen molar-refractivity contribution in [2.24, 2.45) is 0 Å². The molecular weight excluding hydrogens is 330 g/mol. The van der Waals surface area contributed by atoms with E-state index < -0.39 is 17.5 Å². The van der Waals surface area contributed by atoms with Crippen LogP contribution in [-0.2, 0) is 11.2 Å². The Morgan fingerprint density at radius 1 is 1.00 bits per heavy atom. The summed E-state index contributed by atoms with van der Waals surface area (Å²) in [6, 6.07) is 9.83. The summed E-state index contributed by atoms with van der Waals surface area (Å²) in [4.78, 5) is 23.6. The third-order valence-electron chi connectivity index (χ3n) is 3.43. The molecule has 0 radical (unpaired) electrons. The van der Waals surface area contributed by atoms with Gasteiger partial charge in [-0.15, -0.1) is 0 Å². The molecule has 5 nitrogen and oxygen atoms in total. The van der Waals surface area contributed by atoms with Gasteiger partial charge in [-0.05, 0) is 29.8 Å². The Hall–Kier alpha value is -2.96. The minimum atomic E-state index is -0.930. The van der Waals surface area contributed by atoms with Gasteiger partial charge >= 0.3 is 0 Å². The van der Waals surface area contributed by atoms with E-state index in [1.807, 2.05) is 0 Å². The van der Waals surface area contributed by atoms with Crippen LogP contribution < -0.4 is 15.4 Å². The first-order valence-electron chi connectivity index (χ1n) is 7.62. The molecule has 0 aromatic heterocycles. The van der Waals surface area contributed by atoms with Crippen LogP contribution in [0.5, 0.6) is 5.75 Å². The van der Waals surface area contributed by atoms with Crippen molar-refractivity contribution < 1.29 is 23.1 Å². The molecule has 2 rings (SSSR count). The predicted molar refractivity (Wildman–Crippen MR) is 88.4 cm³/mol. The molecule has 0 atom stereocenters. The molecule has 7 heteroatoms. The summed E-state index contributed by atoms with van der Waals surface area (Å²) in [7, 11) is 1.56. The third-order valence-corrected chi connectivity index (χ3v) is 3.43. The fourth-order valence-corrected chi connectivity index (χ4v) is 2.14. The fraction of sp³-hybridized carbons (Fsp3) is 0.222. The van der Waals surface area contributed by atoms with E-state index in [4.69, 9.17) is 4.74 Å². The molecule has 0 saturated carbocycles. The maximum atomic E-state index is 13.5. The van der Waals surface area contributed by atoms with Gasteiger partial charge in [0.15, 0.2) is 0 Å². The maximum absolute atomic E-state index is 13.5. The summed E-state index contributed by atoms with van der Waals surface area (Å²) in [5.74, 6) is -1.84. The van der Waals surface area contributed by atoms with Crippen molar-refractivity contribution >= 4 is 11.8 Å². The molecule has 0 aliphatic rings. The van der Waals surface area contributed by atoms with E-state index in [-0.39, 0.29) is 31.0 Å². The highest BCUT2D eigenvalue weighted by atomic mass is 19.1. The van der Waals surface area contributed by atoms with Crippen LogP contribution in [0, 0.1) is 11.6 Å². The number of benzene rings is 2. The number of methoxy groups -OCH3 is 1. The van der Waals surface area contributed by atoms with Crippen molar-refractivity contribution in [2.75, 3.05) is 20.2 Å². The zero-order chi connectivity index (χ0) is 18.2. The first-order valence-corrected chi connectivity index (χ1v) is 7.62. The average molecular weight is 348 g/mol. The SMILES string of the molecule is COc1ccc(CC(=O)NCCNC(=O)c2ccc(F)cc2F)cc1. The topological polar surface area (TPSA) is 67.4 Å². The number of carbonyl (C=O) groups excluding carboxylic acids is 2. The molecule has 0 bridgehead atoms. The Morgan fingerprint density at radius 2 is 1.68 bits per heavy atom. The molecule has 0 fully saturated rings. The lowest BCUT2D eigenvalue weighted by Crippen LogP contribution is -2.35. The number of hydrogen-bond donors (Lipinski definition) is 2. The van der Waals surface area contributed by atoms with Crippen LogP contribution in [0.4, 0.5) is 8.78 Å². The summed E-state index contributed by atoms with van der Waals surface area (Å²) < 4.78 is 31.3. The van der Waals surface area contributed by atoms with Gasteiger partial charge in [0, 0.05) is 19.2 Å². The van der Waals surface area contributed by atoms with Gasteiger partial charge in [-0.3, -0.25) is 9.59 Å². The minimum absolute atomic E-state index is 0.129. The van der Waals surface area contributed by atoms with E-state index in [1.165, 1.54) is 0 Å². The molecule has 0 saturated heterocycles. The molecule has 0 unspecified atom stereocenters. The predicted octanol–water partition coefficient (Wildman–Crippen LogP) is 2.06. The Bertz CT molecular complexity index is 748. The van der Waals surface area contributed by atoms with E-state index in [9.17, 15) is 18.4 Å². The van der Waals surface area contributed by atoms with Crippen molar-refractivity contribution in [1.82, 2.24) is 10.6 Å². The van der Waals surface area contributed by atoms with Crippen molar-refractivity contribution in [2.45, 2.75) is 6.42 Å². The first-order chi connectivity index (χ1) is 12.0. The number of halogens is 2. The van der Waals surface area contributed by atoms with Gasteiger partial charge in [-0.2, -0.15) is 0 Å². The van der Waals surface area contributed by atoms with Crippen LogP contribution in [0.25, 0.3) is 0 Å². The molecule has 25 heavy (non-hydrogen) atoms. The van der Waals surface area contributed by atoms with Crippen LogP contribution in [0.2, 0.25) is 0 Å². The molecule has 2 aromatic carbocycles. The van der Waals surface area contributed by atoms with Gasteiger partial charge in [-0.1, -0.05) is 12.1 Å². The monoisotopic (exact) mass is 348 g/mol. The average Bonchev–Trinajstić information content (AvgIpc) is 2.59. The number of nitrogens with one attached hydrogen (secondary N) is 2. The molecule has 0 aliphatic carbocycles. The van der Waals surface area contributed by atoms with Gasteiger partial charge < -0.3 is 15.4 Å². The summed E-state index contributed by atoms with van der Waals surface area (Å²) in [6.07, 6.45) is 0.199. The van der Waals surface area contributed by atoms with E-state index in [1.54, 1.807) is 31.4 Å². The van der Waals surface area contributed by atoms with Gasteiger partial charge in [-0.25, -0.2) is 8.78 Å². The second-order valence-electron chi connectivity index (χ2n) is 5.25. The number of amides is 2. The quantitative estimate of drug-likeness (QED) is 0.753. The Morgan fingerprint density at radius 3 is 2.32 bits per heavy atom.